The van der Waals surface area contributed by atoms with E-state index in [2.05, 4.69) is 52.2 Å². The number of piperidine rings is 2. The first-order valence-corrected chi connectivity index (χ1v) is 8.62. The molecule has 0 bridgehead atoms. The molecule has 0 aromatic heterocycles. The van der Waals surface area contributed by atoms with Crippen LogP contribution in [-0.4, -0.2) is 26.2 Å². The molecule has 0 saturated carbocycles. The zero-order chi connectivity index (χ0) is 15.2. The monoisotopic (exact) mass is 282 g/mol. The minimum absolute atomic E-state index is 0.507. The van der Waals surface area contributed by atoms with Crippen molar-refractivity contribution in [3.63, 3.8) is 0 Å². The fourth-order valence-corrected chi connectivity index (χ4v) is 3.28. The molecule has 1 atom stereocenters. The second kappa shape index (κ2) is 7.79. The molecule has 2 rings (SSSR count). The van der Waals surface area contributed by atoms with E-state index in [1.165, 1.54) is 51.9 Å². The lowest BCUT2D eigenvalue weighted by Crippen LogP contribution is -2.36. The number of hydrogen-bond donors (Lipinski definition) is 2. The molecule has 2 saturated heterocycles. The quantitative estimate of drug-likeness (QED) is 0.700. The fraction of sp³-hybridized carbons (Fsp3) is 1.00. The zero-order valence-corrected chi connectivity index (χ0v) is 14.8. The summed E-state index contributed by atoms with van der Waals surface area (Å²) in [6.07, 6.45) is 5.51. The van der Waals surface area contributed by atoms with E-state index >= 15 is 0 Å². The van der Waals surface area contributed by atoms with E-state index in [1.54, 1.807) is 0 Å². The van der Waals surface area contributed by atoms with Crippen LogP contribution in [0.15, 0.2) is 0 Å². The molecule has 2 heterocycles. The lowest BCUT2D eigenvalue weighted by molar-refractivity contribution is 0.188. The van der Waals surface area contributed by atoms with Gasteiger partial charge in [0, 0.05) is 0 Å². The predicted molar refractivity (Wildman–Crippen MR) is 90.1 cm³/mol. The highest BCUT2D eigenvalue weighted by Gasteiger charge is 2.26. The van der Waals surface area contributed by atoms with Crippen LogP contribution in [0.1, 0.15) is 67.2 Å². The Bertz CT molecular complexity index is 220. The van der Waals surface area contributed by atoms with E-state index < -0.39 is 0 Å². The van der Waals surface area contributed by atoms with Crippen molar-refractivity contribution in [2.75, 3.05) is 26.2 Å². The topological polar surface area (TPSA) is 24.1 Å². The molecule has 2 aliphatic rings. The van der Waals surface area contributed by atoms with Crippen molar-refractivity contribution in [1.82, 2.24) is 10.6 Å². The molecule has 0 aliphatic carbocycles. The lowest BCUT2D eigenvalue weighted by atomic mass is 9.76. The van der Waals surface area contributed by atoms with Crippen molar-refractivity contribution in [2.45, 2.75) is 67.2 Å². The molecule has 2 aliphatic heterocycles. The van der Waals surface area contributed by atoms with Gasteiger partial charge < -0.3 is 10.6 Å². The second-order valence-corrected chi connectivity index (χ2v) is 8.80. The molecule has 2 fully saturated rings. The number of nitrogens with one attached hydrogen (secondary N) is 2. The van der Waals surface area contributed by atoms with Crippen LogP contribution < -0.4 is 10.6 Å². The molecule has 0 radical (unpaired) electrons. The van der Waals surface area contributed by atoms with Crippen LogP contribution in [0, 0.1) is 22.7 Å². The van der Waals surface area contributed by atoms with E-state index in [4.69, 9.17) is 0 Å². The third kappa shape index (κ3) is 6.58. The Morgan fingerprint density at radius 1 is 0.650 bits per heavy atom. The predicted octanol–water partition coefficient (Wildman–Crippen LogP) is 4.06. The largest absolute Gasteiger partial charge is 0.317 e. The molecule has 20 heavy (non-hydrogen) atoms. The molecule has 1 unspecified atom stereocenters. The first-order valence-electron chi connectivity index (χ1n) is 8.62. The summed E-state index contributed by atoms with van der Waals surface area (Å²) in [7, 11) is 0. The summed E-state index contributed by atoms with van der Waals surface area (Å²) >= 11 is 0. The smallest absolute Gasteiger partial charge is 0.00155 e. The average Bonchev–Trinajstić information content (AvgIpc) is 2.40. The fourth-order valence-electron chi connectivity index (χ4n) is 3.28. The van der Waals surface area contributed by atoms with E-state index in [0.29, 0.717) is 10.8 Å². The van der Waals surface area contributed by atoms with Gasteiger partial charge in [0.25, 0.3) is 0 Å². The highest BCUT2D eigenvalue weighted by molar-refractivity contribution is 4.79. The van der Waals surface area contributed by atoms with Crippen molar-refractivity contribution in [3.05, 3.63) is 0 Å². The summed E-state index contributed by atoms with van der Waals surface area (Å²) in [5.41, 5.74) is 1.04. The van der Waals surface area contributed by atoms with Gasteiger partial charge in [-0.1, -0.05) is 41.5 Å². The van der Waals surface area contributed by atoms with Gasteiger partial charge in [0.1, 0.15) is 0 Å². The summed E-state index contributed by atoms with van der Waals surface area (Å²) < 4.78 is 0. The van der Waals surface area contributed by atoms with Crippen LogP contribution in [0.3, 0.4) is 0 Å². The van der Waals surface area contributed by atoms with Crippen molar-refractivity contribution in [1.29, 1.82) is 0 Å². The maximum absolute atomic E-state index is 3.44. The van der Waals surface area contributed by atoms with E-state index in [9.17, 15) is 0 Å². The van der Waals surface area contributed by atoms with Gasteiger partial charge in [-0.05, 0) is 74.5 Å². The third-order valence-electron chi connectivity index (χ3n) is 5.09. The normalized spacial score (nSPS) is 25.8. The standard InChI is InChI=1S/2C9H19N/c1-9(2,3)8-4-6-10-7-5-8;1-9(2,3)8-5-4-6-10-7-8/h2*8,10H,4-7H2,1-3H3. The highest BCUT2D eigenvalue weighted by Crippen LogP contribution is 2.32. The summed E-state index contributed by atoms with van der Waals surface area (Å²) in [5, 5.41) is 6.83. The van der Waals surface area contributed by atoms with E-state index in [-0.39, 0.29) is 0 Å². The third-order valence-corrected chi connectivity index (χ3v) is 5.09. The van der Waals surface area contributed by atoms with Gasteiger partial charge >= 0.3 is 0 Å². The van der Waals surface area contributed by atoms with Gasteiger partial charge in [-0.25, -0.2) is 0 Å². The molecule has 120 valence electrons. The van der Waals surface area contributed by atoms with E-state index in [1.807, 2.05) is 0 Å². The highest BCUT2D eigenvalue weighted by atomic mass is 14.9. The first-order chi connectivity index (χ1) is 9.21. The SMILES string of the molecule is CC(C)(C)C1CCCNC1.CC(C)(C)C1CCNCC1. The molecule has 0 aromatic rings. The molecular formula is C18H38N2. The number of rotatable bonds is 0. The Labute approximate surface area is 127 Å². The van der Waals surface area contributed by atoms with Gasteiger partial charge in [0.05, 0.1) is 0 Å². The van der Waals surface area contributed by atoms with Crippen molar-refractivity contribution < 1.29 is 0 Å². The van der Waals surface area contributed by atoms with Gasteiger partial charge in [0.2, 0.25) is 0 Å². The molecule has 2 N–H and O–H groups in total. The minimum Gasteiger partial charge on any atom is -0.317 e. The Morgan fingerprint density at radius 2 is 1.20 bits per heavy atom. The van der Waals surface area contributed by atoms with Gasteiger partial charge in [0.15, 0.2) is 0 Å². The Balaban J connectivity index is 0.000000200. The molecule has 0 amide bonds. The Morgan fingerprint density at radius 3 is 1.50 bits per heavy atom. The summed E-state index contributed by atoms with van der Waals surface area (Å²) in [6.45, 7) is 19.0. The van der Waals surface area contributed by atoms with Crippen molar-refractivity contribution in [2.24, 2.45) is 22.7 Å². The summed E-state index contributed by atoms with van der Waals surface area (Å²) in [5.74, 6) is 1.83. The van der Waals surface area contributed by atoms with Gasteiger partial charge in [-0.2, -0.15) is 0 Å². The van der Waals surface area contributed by atoms with Crippen LogP contribution >= 0.6 is 0 Å². The van der Waals surface area contributed by atoms with Gasteiger partial charge in [-0.3, -0.25) is 0 Å². The Kier molecular flexibility index (Phi) is 7.00. The van der Waals surface area contributed by atoms with Crippen molar-refractivity contribution in [3.8, 4) is 0 Å². The lowest BCUT2D eigenvalue weighted by Gasteiger charge is -2.34. The second-order valence-electron chi connectivity index (χ2n) is 8.80. The molecular weight excluding hydrogens is 244 g/mol. The summed E-state index contributed by atoms with van der Waals surface area (Å²) in [6, 6.07) is 0. The van der Waals surface area contributed by atoms with Crippen LogP contribution in [-0.2, 0) is 0 Å². The van der Waals surface area contributed by atoms with Crippen LogP contribution in [0.4, 0.5) is 0 Å². The molecule has 0 aromatic carbocycles. The minimum atomic E-state index is 0.507. The molecule has 2 nitrogen and oxygen atoms in total. The van der Waals surface area contributed by atoms with Crippen LogP contribution in [0.2, 0.25) is 0 Å². The van der Waals surface area contributed by atoms with Gasteiger partial charge in [-0.15, -0.1) is 0 Å². The van der Waals surface area contributed by atoms with E-state index in [0.717, 1.165) is 11.8 Å². The van der Waals surface area contributed by atoms with Crippen molar-refractivity contribution >= 4 is 0 Å². The van der Waals surface area contributed by atoms with Crippen LogP contribution in [0.25, 0.3) is 0 Å². The first kappa shape index (κ1) is 18.0. The Hall–Kier alpha value is -0.0800. The maximum Gasteiger partial charge on any atom is -0.00155 e. The summed E-state index contributed by atoms with van der Waals surface area (Å²) in [4.78, 5) is 0. The van der Waals surface area contributed by atoms with Crippen LogP contribution in [0.5, 0.6) is 0 Å². The molecule has 2 heteroatoms. The molecule has 0 spiro atoms. The maximum atomic E-state index is 3.44. The number of hydrogen-bond acceptors (Lipinski definition) is 2. The average molecular weight is 283 g/mol. The zero-order valence-electron chi connectivity index (χ0n) is 14.8.